The summed E-state index contributed by atoms with van der Waals surface area (Å²) in [5.74, 6) is -0.584. The lowest BCUT2D eigenvalue weighted by Crippen LogP contribution is -2.56. The van der Waals surface area contributed by atoms with Crippen molar-refractivity contribution in [1.82, 2.24) is 0 Å². The molecule has 4 heteroatoms. The van der Waals surface area contributed by atoms with Crippen molar-refractivity contribution in [3.05, 3.63) is 0 Å². The molecule has 30 heavy (non-hydrogen) atoms. The lowest BCUT2D eigenvalue weighted by molar-refractivity contribution is -0.163. The molecular formula is C26H44F2O2. The third-order valence-corrected chi connectivity index (χ3v) is 11.2. The van der Waals surface area contributed by atoms with Crippen LogP contribution < -0.4 is 0 Å². The average molecular weight is 427 g/mol. The molecule has 0 bridgehead atoms. The van der Waals surface area contributed by atoms with Gasteiger partial charge in [-0.25, -0.2) is 8.78 Å². The van der Waals surface area contributed by atoms with Gasteiger partial charge in [0.15, 0.2) is 0 Å². The Morgan fingerprint density at radius 2 is 1.63 bits per heavy atom. The number of fused-ring (bicyclic) bond motifs is 5. The fourth-order valence-electron chi connectivity index (χ4n) is 9.23. The van der Waals surface area contributed by atoms with E-state index >= 15 is 0 Å². The van der Waals surface area contributed by atoms with Gasteiger partial charge in [0, 0.05) is 6.92 Å². The van der Waals surface area contributed by atoms with Gasteiger partial charge in [0.2, 0.25) is 0 Å². The van der Waals surface area contributed by atoms with Gasteiger partial charge in [0.05, 0.1) is 5.60 Å². The van der Waals surface area contributed by atoms with Crippen molar-refractivity contribution >= 4 is 0 Å². The van der Waals surface area contributed by atoms with E-state index < -0.39 is 17.6 Å². The second-order valence-corrected chi connectivity index (χ2v) is 12.4. The molecule has 0 aromatic heterocycles. The Morgan fingerprint density at radius 3 is 2.27 bits per heavy atom. The average Bonchev–Trinajstić information content (AvgIpc) is 3.04. The van der Waals surface area contributed by atoms with Gasteiger partial charge in [0.25, 0.3) is 5.92 Å². The van der Waals surface area contributed by atoms with Crippen LogP contribution >= 0.6 is 0 Å². The smallest absolute Gasteiger partial charge is 0.270 e. The van der Waals surface area contributed by atoms with Crippen LogP contribution in [0.5, 0.6) is 0 Å². The molecule has 0 unspecified atom stereocenters. The molecule has 0 saturated heterocycles. The van der Waals surface area contributed by atoms with E-state index in [0.29, 0.717) is 29.1 Å². The van der Waals surface area contributed by atoms with E-state index in [-0.39, 0.29) is 17.3 Å². The van der Waals surface area contributed by atoms with E-state index in [1.165, 1.54) is 19.3 Å². The largest absolute Gasteiger partial charge is 0.390 e. The van der Waals surface area contributed by atoms with Crippen LogP contribution in [0.15, 0.2) is 0 Å². The molecule has 0 amide bonds. The van der Waals surface area contributed by atoms with Crippen molar-refractivity contribution in [2.45, 2.75) is 116 Å². The number of halogens is 2. The molecule has 4 aliphatic rings. The van der Waals surface area contributed by atoms with Gasteiger partial charge in [-0.1, -0.05) is 27.7 Å². The van der Waals surface area contributed by atoms with Crippen LogP contribution in [0.3, 0.4) is 0 Å². The number of aliphatic hydroxyl groups excluding tert-OH is 1. The Kier molecular flexibility index (Phi) is 5.66. The first-order valence-electron chi connectivity index (χ1n) is 12.6. The van der Waals surface area contributed by atoms with Gasteiger partial charge in [-0.15, -0.1) is 0 Å². The van der Waals surface area contributed by atoms with E-state index in [0.717, 1.165) is 51.9 Å². The summed E-state index contributed by atoms with van der Waals surface area (Å²) < 4.78 is 27.8. The number of rotatable bonds is 4. The normalized spacial score (nSPS) is 50.9. The zero-order valence-corrected chi connectivity index (χ0v) is 19.8. The molecular weight excluding hydrogens is 382 g/mol. The molecule has 0 aliphatic heterocycles. The summed E-state index contributed by atoms with van der Waals surface area (Å²) in [6, 6.07) is 0. The van der Waals surface area contributed by atoms with Crippen molar-refractivity contribution in [3.63, 3.8) is 0 Å². The molecule has 4 saturated carbocycles. The molecule has 4 aliphatic carbocycles. The molecule has 0 spiro atoms. The summed E-state index contributed by atoms with van der Waals surface area (Å²) in [6.45, 7) is 9.70. The summed E-state index contributed by atoms with van der Waals surface area (Å²) in [5, 5.41) is 21.3. The molecule has 174 valence electrons. The van der Waals surface area contributed by atoms with Crippen molar-refractivity contribution < 1.29 is 19.0 Å². The van der Waals surface area contributed by atoms with Crippen molar-refractivity contribution in [1.29, 1.82) is 0 Å². The molecule has 0 aromatic carbocycles. The highest BCUT2D eigenvalue weighted by Gasteiger charge is 2.62. The lowest BCUT2D eigenvalue weighted by atomic mass is 9.43. The maximum absolute atomic E-state index is 13.9. The first-order valence-corrected chi connectivity index (χ1v) is 12.6. The third kappa shape index (κ3) is 3.38. The number of aliphatic hydroxyl groups is 2. The fourth-order valence-corrected chi connectivity index (χ4v) is 9.23. The van der Waals surface area contributed by atoms with Crippen LogP contribution in [0.1, 0.15) is 98.8 Å². The van der Waals surface area contributed by atoms with E-state index in [1.54, 1.807) is 0 Å². The minimum absolute atomic E-state index is 0.0782. The summed E-state index contributed by atoms with van der Waals surface area (Å²) in [5.41, 5.74) is -0.0598. The Morgan fingerprint density at radius 1 is 0.967 bits per heavy atom. The highest BCUT2D eigenvalue weighted by Crippen LogP contribution is 2.69. The van der Waals surface area contributed by atoms with Crippen LogP contribution in [-0.4, -0.2) is 27.8 Å². The Balaban J connectivity index is 1.54. The maximum Gasteiger partial charge on any atom is 0.270 e. The van der Waals surface area contributed by atoms with E-state index in [1.807, 2.05) is 6.92 Å². The number of hydrogen-bond acceptors (Lipinski definition) is 2. The molecule has 2 nitrogen and oxygen atoms in total. The maximum atomic E-state index is 13.9. The molecule has 4 fully saturated rings. The number of alkyl halides is 2. The third-order valence-electron chi connectivity index (χ3n) is 11.2. The predicted octanol–water partition coefficient (Wildman–Crippen LogP) is 6.44. The van der Waals surface area contributed by atoms with Gasteiger partial charge in [-0.3, -0.25) is 0 Å². The van der Waals surface area contributed by atoms with Crippen LogP contribution in [0.4, 0.5) is 8.78 Å². The zero-order valence-electron chi connectivity index (χ0n) is 19.8. The predicted molar refractivity (Wildman–Crippen MR) is 116 cm³/mol. The molecule has 0 heterocycles. The topological polar surface area (TPSA) is 40.5 Å². The highest BCUT2D eigenvalue weighted by atomic mass is 19.3. The van der Waals surface area contributed by atoms with Gasteiger partial charge in [-0.2, -0.15) is 0 Å². The van der Waals surface area contributed by atoms with E-state index in [2.05, 4.69) is 20.8 Å². The van der Waals surface area contributed by atoms with E-state index in [9.17, 15) is 19.0 Å². The van der Waals surface area contributed by atoms with Crippen molar-refractivity contribution in [2.24, 2.45) is 46.3 Å². The van der Waals surface area contributed by atoms with Crippen LogP contribution in [-0.2, 0) is 0 Å². The highest BCUT2D eigenvalue weighted by molar-refractivity contribution is 5.11. The van der Waals surface area contributed by atoms with Crippen molar-refractivity contribution in [3.8, 4) is 0 Å². The summed E-state index contributed by atoms with van der Waals surface area (Å²) in [7, 11) is 0. The first-order chi connectivity index (χ1) is 13.9. The summed E-state index contributed by atoms with van der Waals surface area (Å²) >= 11 is 0. The van der Waals surface area contributed by atoms with Crippen LogP contribution in [0.2, 0.25) is 0 Å². The van der Waals surface area contributed by atoms with Gasteiger partial charge in [-0.05, 0) is 111 Å². The van der Waals surface area contributed by atoms with Gasteiger partial charge < -0.3 is 10.2 Å². The fraction of sp³-hybridized carbons (Fsp3) is 1.00. The van der Waals surface area contributed by atoms with Crippen molar-refractivity contribution in [2.75, 3.05) is 0 Å². The number of hydrogen-bond donors (Lipinski definition) is 2. The van der Waals surface area contributed by atoms with Crippen LogP contribution in [0.25, 0.3) is 0 Å². The minimum Gasteiger partial charge on any atom is -0.390 e. The molecule has 10 atom stereocenters. The zero-order chi connectivity index (χ0) is 22.1. The van der Waals surface area contributed by atoms with Gasteiger partial charge in [0.1, 0.15) is 6.10 Å². The van der Waals surface area contributed by atoms with Gasteiger partial charge >= 0.3 is 0 Å². The monoisotopic (exact) mass is 426 g/mol. The summed E-state index contributed by atoms with van der Waals surface area (Å²) in [4.78, 5) is 0. The molecule has 0 aromatic rings. The Labute approximate surface area is 182 Å². The SMILES string of the molecule is CC[C@]1(O)CC[C@@]2(C)[C@@H](CC[C@@H]3[C@@H]2CC[C@]2(C)[C@@H]([C@H](C)[C@@H](O)C(C)(F)F)CC[C@@H]32)C1. The van der Waals surface area contributed by atoms with E-state index in [4.69, 9.17) is 0 Å². The second-order valence-electron chi connectivity index (χ2n) is 12.4. The Hall–Kier alpha value is -0.220. The quantitative estimate of drug-likeness (QED) is 0.543. The molecule has 2 N–H and O–H groups in total. The van der Waals surface area contributed by atoms with Crippen LogP contribution in [0, 0.1) is 46.3 Å². The standard InChI is InChI=1S/C26H44F2O2/c1-6-26(30)14-13-23(3)17(15-26)7-8-18-20-10-9-19(16(2)22(29)25(5,27)28)24(20,4)12-11-21(18)23/h16-22,29-30H,6-15H2,1-5H3/t16-,17-,18-,19+,20-,21-,22+,23-,24+,26-/m0/s1. The minimum atomic E-state index is -3.03. The lowest BCUT2D eigenvalue weighted by Gasteiger charge is -2.62. The summed E-state index contributed by atoms with van der Waals surface area (Å²) in [6.07, 6.45) is 9.19. The Bertz CT molecular complexity index is 647. The first kappa shape index (κ1) is 23.0. The molecule has 4 rings (SSSR count). The molecule has 0 radical (unpaired) electrons. The second kappa shape index (κ2) is 7.40.